The van der Waals surface area contributed by atoms with Gasteiger partial charge in [-0.25, -0.2) is 0 Å². The molecule has 0 amide bonds. The van der Waals surface area contributed by atoms with Gasteiger partial charge in [0.15, 0.2) is 0 Å². The highest BCUT2D eigenvalue weighted by Crippen LogP contribution is 2.09. The van der Waals surface area contributed by atoms with Gasteiger partial charge in [0.25, 0.3) is 0 Å². The summed E-state index contributed by atoms with van der Waals surface area (Å²) in [5.74, 6) is 0. The van der Waals surface area contributed by atoms with E-state index < -0.39 is 9.28 Å². The van der Waals surface area contributed by atoms with Gasteiger partial charge in [-0.2, -0.15) is 0 Å². The van der Waals surface area contributed by atoms with Gasteiger partial charge in [0, 0.05) is 13.2 Å². The fraction of sp³-hybridized carbons (Fsp3) is 0.909. The molecule has 0 heterocycles. The fourth-order valence-electron chi connectivity index (χ4n) is 1.42. The van der Waals surface area contributed by atoms with E-state index >= 15 is 0 Å². The van der Waals surface area contributed by atoms with Crippen molar-refractivity contribution in [3.8, 4) is 0 Å². The van der Waals surface area contributed by atoms with Gasteiger partial charge in [-0.3, -0.25) is 4.99 Å². The maximum absolute atomic E-state index is 5.70. The molecule has 1 atom stereocenters. The first kappa shape index (κ1) is 14.8. The predicted octanol–water partition coefficient (Wildman–Crippen LogP) is 2.47. The minimum absolute atomic E-state index is 0.287. The SMILES string of the molecule is CCC=NC(CCC)[SiH](OCC)OCC. The standard InChI is InChI=1S/C11H25NO2Si/c1-5-9-11(12-10-6-2)15(13-7-3)14-8-4/h10-11,15H,5-9H2,1-4H3. The van der Waals surface area contributed by atoms with E-state index in [4.69, 9.17) is 8.85 Å². The van der Waals surface area contributed by atoms with Crippen LogP contribution < -0.4 is 0 Å². The van der Waals surface area contributed by atoms with Crippen molar-refractivity contribution in [2.45, 2.75) is 52.6 Å². The lowest BCUT2D eigenvalue weighted by Gasteiger charge is -2.21. The second kappa shape index (κ2) is 10.3. The van der Waals surface area contributed by atoms with Crippen LogP contribution in [0.1, 0.15) is 47.0 Å². The molecule has 0 aliphatic carbocycles. The third-order valence-corrected chi connectivity index (χ3v) is 4.50. The van der Waals surface area contributed by atoms with Crippen LogP contribution in [0.2, 0.25) is 0 Å². The fourth-order valence-corrected chi connectivity index (χ4v) is 3.48. The van der Waals surface area contributed by atoms with E-state index in [1.165, 1.54) is 0 Å². The second-order valence-electron chi connectivity index (χ2n) is 3.37. The molecule has 0 aromatic carbocycles. The number of rotatable bonds is 9. The molecule has 0 saturated heterocycles. The second-order valence-corrected chi connectivity index (χ2v) is 5.55. The van der Waals surface area contributed by atoms with Gasteiger partial charge in [0.1, 0.15) is 0 Å². The summed E-state index contributed by atoms with van der Waals surface area (Å²) < 4.78 is 11.4. The molecule has 0 saturated carbocycles. The molecule has 15 heavy (non-hydrogen) atoms. The maximum Gasteiger partial charge on any atom is 0.346 e. The van der Waals surface area contributed by atoms with Crippen molar-refractivity contribution in [2.75, 3.05) is 13.2 Å². The van der Waals surface area contributed by atoms with Gasteiger partial charge in [-0.15, -0.1) is 0 Å². The Bertz CT molecular complexity index is 159. The largest absolute Gasteiger partial charge is 0.396 e. The smallest absolute Gasteiger partial charge is 0.346 e. The topological polar surface area (TPSA) is 30.8 Å². The molecule has 0 bridgehead atoms. The Morgan fingerprint density at radius 2 is 1.73 bits per heavy atom. The van der Waals surface area contributed by atoms with Crippen LogP contribution in [0.4, 0.5) is 0 Å². The molecule has 1 unspecified atom stereocenters. The highest BCUT2D eigenvalue weighted by molar-refractivity contribution is 6.46. The zero-order chi connectivity index (χ0) is 11.5. The zero-order valence-corrected chi connectivity index (χ0v) is 11.7. The van der Waals surface area contributed by atoms with Crippen LogP contribution in [0.25, 0.3) is 0 Å². The molecular weight excluding hydrogens is 206 g/mol. The molecule has 0 aromatic rings. The summed E-state index contributed by atoms with van der Waals surface area (Å²) in [5.41, 5.74) is 0.287. The average Bonchev–Trinajstić information content (AvgIpc) is 2.24. The Morgan fingerprint density at radius 3 is 2.13 bits per heavy atom. The molecular formula is C11H25NO2Si. The highest BCUT2D eigenvalue weighted by Gasteiger charge is 2.23. The van der Waals surface area contributed by atoms with E-state index in [0.717, 1.165) is 32.5 Å². The third-order valence-electron chi connectivity index (χ3n) is 2.04. The van der Waals surface area contributed by atoms with Crippen molar-refractivity contribution >= 4 is 15.5 Å². The molecule has 4 heteroatoms. The monoisotopic (exact) mass is 231 g/mol. The zero-order valence-electron chi connectivity index (χ0n) is 10.5. The Hall–Kier alpha value is -0.193. The third kappa shape index (κ3) is 6.81. The van der Waals surface area contributed by atoms with Crippen molar-refractivity contribution in [1.82, 2.24) is 0 Å². The summed E-state index contributed by atoms with van der Waals surface area (Å²) in [7, 11) is -1.60. The molecule has 3 nitrogen and oxygen atoms in total. The molecule has 0 radical (unpaired) electrons. The van der Waals surface area contributed by atoms with Crippen molar-refractivity contribution in [2.24, 2.45) is 4.99 Å². The summed E-state index contributed by atoms with van der Waals surface area (Å²) in [6.45, 7) is 9.79. The number of nitrogens with zero attached hydrogens (tertiary/aromatic N) is 1. The Kier molecular flexibility index (Phi) is 10.2. The quantitative estimate of drug-likeness (QED) is 0.451. The summed E-state index contributed by atoms with van der Waals surface area (Å²) in [6.07, 6.45) is 5.18. The summed E-state index contributed by atoms with van der Waals surface area (Å²) >= 11 is 0. The van der Waals surface area contributed by atoms with Crippen molar-refractivity contribution in [1.29, 1.82) is 0 Å². The van der Waals surface area contributed by atoms with E-state index in [1.807, 2.05) is 20.1 Å². The van der Waals surface area contributed by atoms with Gasteiger partial charge in [0.05, 0.1) is 5.67 Å². The lowest BCUT2D eigenvalue weighted by molar-refractivity contribution is 0.203. The van der Waals surface area contributed by atoms with Crippen LogP contribution in [0.3, 0.4) is 0 Å². The summed E-state index contributed by atoms with van der Waals surface area (Å²) in [6, 6.07) is 0. The molecule has 90 valence electrons. The molecule has 0 fully saturated rings. The predicted molar refractivity (Wildman–Crippen MR) is 67.9 cm³/mol. The van der Waals surface area contributed by atoms with Crippen molar-refractivity contribution in [3.05, 3.63) is 0 Å². The van der Waals surface area contributed by atoms with E-state index in [1.54, 1.807) is 0 Å². The lowest BCUT2D eigenvalue weighted by Crippen LogP contribution is -2.36. The van der Waals surface area contributed by atoms with Gasteiger partial charge < -0.3 is 8.85 Å². The van der Waals surface area contributed by atoms with Crippen molar-refractivity contribution in [3.63, 3.8) is 0 Å². The van der Waals surface area contributed by atoms with Crippen LogP contribution in [-0.4, -0.2) is 34.4 Å². The molecule has 0 rings (SSSR count). The lowest BCUT2D eigenvalue weighted by atomic mass is 10.3. The first-order valence-corrected chi connectivity index (χ1v) is 7.65. The van der Waals surface area contributed by atoms with E-state index in [9.17, 15) is 0 Å². The molecule has 0 N–H and O–H groups in total. The highest BCUT2D eigenvalue weighted by atomic mass is 28.3. The van der Waals surface area contributed by atoms with Gasteiger partial charge in [0.2, 0.25) is 0 Å². The van der Waals surface area contributed by atoms with Crippen LogP contribution in [0.5, 0.6) is 0 Å². The number of hydrogen-bond donors (Lipinski definition) is 0. The number of hydrogen-bond acceptors (Lipinski definition) is 3. The van der Waals surface area contributed by atoms with Gasteiger partial charge >= 0.3 is 9.28 Å². The minimum Gasteiger partial charge on any atom is -0.396 e. The van der Waals surface area contributed by atoms with E-state index in [2.05, 4.69) is 18.8 Å². The van der Waals surface area contributed by atoms with Crippen LogP contribution in [-0.2, 0) is 8.85 Å². The summed E-state index contributed by atoms with van der Waals surface area (Å²) in [4.78, 5) is 4.56. The molecule has 0 spiro atoms. The van der Waals surface area contributed by atoms with Crippen LogP contribution in [0.15, 0.2) is 4.99 Å². The number of aliphatic imine (C=N–C) groups is 1. The average molecular weight is 231 g/mol. The van der Waals surface area contributed by atoms with Gasteiger partial charge in [-0.1, -0.05) is 20.3 Å². The summed E-state index contributed by atoms with van der Waals surface area (Å²) in [5, 5.41) is 0. The van der Waals surface area contributed by atoms with Crippen LogP contribution in [0, 0.1) is 0 Å². The first-order chi connectivity index (χ1) is 7.29. The maximum atomic E-state index is 5.70. The minimum atomic E-state index is -1.60. The Labute approximate surface area is 95.7 Å². The Balaban J connectivity index is 4.28. The van der Waals surface area contributed by atoms with Gasteiger partial charge in [-0.05, 0) is 32.9 Å². The van der Waals surface area contributed by atoms with Crippen molar-refractivity contribution < 1.29 is 8.85 Å². The van der Waals surface area contributed by atoms with Crippen LogP contribution >= 0.6 is 0 Å². The van der Waals surface area contributed by atoms with E-state index in [0.29, 0.717) is 0 Å². The van der Waals surface area contributed by atoms with E-state index in [-0.39, 0.29) is 5.67 Å². The molecule has 0 aromatic heterocycles. The molecule has 0 aliphatic heterocycles. The first-order valence-electron chi connectivity index (χ1n) is 6.04. The normalized spacial score (nSPS) is 13.9. The molecule has 0 aliphatic rings. The Morgan fingerprint density at radius 1 is 1.13 bits per heavy atom.